The molecule has 0 spiro atoms. The normalized spacial score (nSPS) is 17.5. The summed E-state index contributed by atoms with van der Waals surface area (Å²) in [4.78, 5) is 12.3. The maximum atomic E-state index is 13.1. The van der Waals surface area contributed by atoms with Crippen LogP contribution in [0.3, 0.4) is 0 Å². The van der Waals surface area contributed by atoms with Crippen LogP contribution in [0.5, 0.6) is 11.5 Å². The second-order valence-corrected chi connectivity index (χ2v) is 11.4. The lowest BCUT2D eigenvalue weighted by Crippen LogP contribution is -2.33. The van der Waals surface area contributed by atoms with Crippen LogP contribution in [-0.2, 0) is 24.8 Å². The zero-order valence-corrected chi connectivity index (χ0v) is 19.6. The van der Waals surface area contributed by atoms with Crippen LogP contribution < -0.4 is 18.5 Å². The Morgan fingerprint density at radius 2 is 1.68 bits per heavy atom. The molecule has 1 saturated heterocycles. The summed E-state index contributed by atoms with van der Waals surface area (Å²) in [5, 5.41) is 0.194. The Morgan fingerprint density at radius 3 is 2.19 bits per heavy atom. The van der Waals surface area contributed by atoms with E-state index in [1.807, 2.05) is 0 Å². The number of hydrogen-bond acceptors (Lipinski definition) is 7. The monoisotopic (exact) mass is 488 g/mol. The number of carbonyl (C=O) groups is 1. The van der Waals surface area contributed by atoms with Gasteiger partial charge in [-0.3, -0.25) is 9.52 Å². The lowest BCUT2D eigenvalue weighted by molar-refractivity contribution is -0.123. The second-order valence-electron chi connectivity index (χ2n) is 7.50. The van der Waals surface area contributed by atoms with E-state index < -0.39 is 31.4 Å². The summed E-state index contributed by atoms with van der Waals surface area (Å²) >= 11 is 6.05. The molecule has 0 saturated carbocycles. The van der Waals surface area contributed by atoms with Gasteiger partial charge >= 0.3 is 0 Å². The topological polar surface area (TPSA) is 119 Å². The van der Waals surface area contributed by atoms with Gasteiger partial charge in [-0.15, -0.1) is 0 Å². The van der Waals surface area contributed by atoms with E-state index in [-0.39, 0.29) is 32.8 Å². The number of benzene rings is 2. The molecule has 1 fully saturated rings. The second kappa shape index (κ2) is 7.88. The van der Waals surface area contributed by atoms with E-state index in [0.29, 0.717) is 10.1 Å². The highest BCUT2D eigenvalue weighted by Gasteiger charge is 2.50. The van der Waals surface area contributed by atoms with Gasteiger partial charge in [0, 0.05) is 0 Å². The first-order valence-corrected chi connectivity index (χ1v) is 12.4. The number of amides is 1. The van der Waals surface area contributed by atoms with Gasteiger partial charge in [0.05, 0.1) is 41.8 Å². The first-order valence-electron chi connectivity index (χ1n) is 8.94. The summed E-state index contributed by atoms with van der Waals surface area (Å²) in [6.45, 7) is 3.03. The quantitative estimate of drug-likeness (QED) is 0.663. The largest absolute Gasteiger partial charge is 0.495 e. The fraction of sp³-hybridized carbons (Fsp3) is 0.316. The van der Waals surface area contributed by atoms with Gasteiger partial charge in [0.15, 0.2) is 0 Å². The van der Waals surface area contributed by atoms with Crippen molar-refractivity contribution in [2.24, 2.45) is 5.41 Å². The molecule has 1 aliphatic rings. The predicted octanol–water partition coefficient (Wildman–Crippen LogP) is 2.86. The summed E-state index contributed by atoms with van der Waals surface area (Å²) in [5.41, 5.74) is -1.07. The molecule has 1 N–H and O–H groups in total. The molecular formula is C19H21ClN2O7S2. The summed E-state index contributed by atoms with van der Waals surface area (Å²) in [7, 11) is -5.49. The fourth-order valence-electron chi connectivity index (χ4n) is 3.20. The zero-order chi connectivity index (χ0) is 23.2. The van der Waals surface area contributed by atoms with Gasteiger partial charge in [0.25, 0.3) is 10.0 Å². The minimum Gasteiger partial charge on any atom is -0.495 e. The molecule has 12 heteroatoms. The number of methoxy groups -OCH3 is 2. The smallest absolute Gasteiger partial charge is 0.265 e. The number of nitrogens with zero attached hydrogens (tertiary/aromatic N) is 1. The van der Waals surface area contributed by atoms with Gasteiger partial charge in [0.1, 0.15) is 16.4 Å². The molecular weight excluding hydrogens is 468 g/mol. The van der Waals surface area contributed by atoms with Gasteiger partial charge in [-0.25, -0.2) is 21.1 Å². The Kier molecular flexibility index (Phi) is 5.89. The lowest BCUT2D eigenvalue weighted by Gasteiger charge is -2.19. The average Bonchev–Trinajstić information content (AvgIpc) is 2.83. The third-order valence-electron chi connectivity index (χ3n) is 4.66. The van der Waals surface area contributed by atoms with Crippen LogP contribution in [0.2, 0.25) is 5.02 Å². The van der Waals surface area contributed by atoms with Crippen LogP contribution in [0.25, 0.3) is 0 Å². The molecule has 0 radical (unpaired) electrons. The Balaban J connectivity index is 2.07. The molecule has 9 nitrogen and oxygen atoms in total. The summed E-state index contributed by atoms with van der Waals surface area (Å²) in [5.74, 6) is -0.685. The Hall–Kier alpha value is -2.50. The van der Waals surface area contributed by atoms with E-state index in [9.17, 15) is 21.6 Å². The van der Waals surface area contributed by atoms with Crippen LogP contribution in [0.4, 0.5) is 11.4 Å². The van der Waals surface area contributed by atoms with Crippen molar-refractivity contribution in [1.82, 2.24) is 0 Å². The van der Waals surface area contributed by atoms with Crippen molar-refractivity contribution in [3.63, 3.8) is 0 Å². The molecule has 0 bridgehead atoms. The Morgan fingerprint density at radius 1 is 1.06 bits per heavy atom. The van der Waals surface area contributed by atoms with Gasteiger partial charge in [-0.1, -0.05) is 11.6 Å². The highest BCUT2D eigenvalue weighted by Crippen LogP contribution is 2.39. The number of ether oxygens (including phenoxy) is 2. The van der Waals surface area contributed by atoms with E-state index in [4.69, 9.17) is 21.1 Å². The fourth-order valence-corrected chi connectivity index (χ4v) is 6.80. The SMILES string of the molecule is COc1ccc(NS(=O)(=O)c2cc(N3C(=O)C(C)(C)CS3(=O)=O)ccc2OC)cc1Cl. The number of nitrogens with one attached hydrogen (secondary N) is 1. The van der Waals surface area contributed by atoms with E-state index in [0.717, 1.165) is 6.07 Å². The van der Waals surface area contributed by atoms with Crippen molar-refractivity contribution < 1.29 is 31.1 Å². The highest BCUT2D eigenvalue weighted by atomic mass is 35.5. The van der Waals surface area contributed by atoms with E-state index in [2.05, 4.69) is 4.72 Å². The van der Waals surface area contributed by atoms with Gasteiger partial charge in [0.2, 0.25) is 15.9 Å². The van der Waals surface area contributed by atoms with Crippen LogP contribution in [0, 0.1) is 5.41 Å². The average molecular weight is 489 g/mol. The molecule has 0 aromatic heterocycles. The first-order chi connectivity index (χ1) is 14.3. The number of hydrogen-bond donors (Lipinski definition) is 1. The standard InChI is InChI=1S/C19H21ClN2O7S2/c1-19(2)11-30(24,25)22(18(19)23)13-6-8-16(29-4)17(10-13)31(26,27)21-12-5-7-15(28-3)14(20)9-12/h5-10,21H,11H2,1-4H3. The van der Waals surface area contributed by atoms with Gasteiger partial charge in [-0.2, -0.15) is 0 Å². The van der Waals surface area contributed by atoms with Gasteiger partial charge < -0.3 is 9.47 Å². The maximum Gasteiger partial charge on any atom is 0.265 e. The van der Waals surface area contributed by atoms with Crippen molar-refractivity contribution >= 4 is 48.9 Å². The molecule has 1 heterocycles. The van der Waals surface area contributed by atoms with Crippen molar-refractivity contribution in [2.45, 2.75) is 18.7 Å². The molecule has 2 aromatic rings. The zero-order valence-electron chi connectivity index (χ0n) is 17.2. The number of halogens is 1. The maximum absolute atomic E-state index is 13.1. The lowest BCUT2D eigenvalue weighted by atomic mass is 9.95. The van der Waals surface area contributed by atoms with Gasteiger partial charge in [-0.05, 0) is 50.2 Å². The molecule has 0 atom stereocenters. The third kappa shape index (κ3) is 4.30. The molecule has 2 aromatic carbocycles. The van der Waals surface area contributed by atoms with Crippen LogP contribution in [0.1, 0.15) is 13.8 Å². The molecule has 31 heavy (non-hydrogen) atoms. The van der Waals surface area contributed by atoms with Crippen molar-refractivity contribution in [1.29, 1.82) is 0 Å². The molecule has 168 valence electrons. The number of anilines is 2. The molecule has 3 rings (SSSR count). The third-order valence-corrected chi connectivity index (χ3v) is 8.38. The van der Waals surface area contributed by atoms with Crippen LogP contribution in [-0.4, -0.2) is 42.7 Å². The van der Waals surface area contributed by atoms with E-state index in [1.165, 1.54) is 58.4 Å². The van der Waals surface area contributed by atoms with Crippen molar-refractivity contribution in [3.05, 3.63) is 41.4 Å². The summed E-state index contributed by atoms with van der Waals surface area (Å²) in [6, 6.07) is 8.01. The summed E-state index contributed by atoms with van der Waals surface area (Å²) in [6.07, 6.45) is 0. The number of rotatable bonds is 6. The van der Waals surface area contributed by atoms with Crippen LogP contribution >= 0.6 is 11.6 Å². The van der Waals surface area contributed by atoms with Crippen LogP contribution in [0.15, 0.2) is 41.3 Å². The number of sulfonamides is 2. The highest BCUT2D eigenvalue weighted by molar-refractivity contribution is 7.94. The predicted molar refractivity (Wildman–Crippen MR) is 117 cm³/mol. The first kappa shape index (κ1) is 23.2. The van der Waals surface area contributed by atoms with E-state index in [1.54, 1.807) is 0 Å². The molecule has 0 aliphatic carbocycles. The molecule has 0 unspecified atom stereocenters. The summed E-state index contributed by atoms with van der Waals surface area (Å²) < 4.78 is 64.5. The van der Waals surface area contributed by atoms with Crippen molar-refractivity contribution in [2.75, 3.05) is 29.0 Å². The van der Waals surface area contributed by atoms with E-state index >= 15 is 0 Å². The molecule has 1 aliphatic heterocycles. The molecule has 1 amide bonds. The minimum absolute atomic E-state index is 0.0286. The van der Waals surface area contributed by atoms with Crippen molar-refractivity contribution in [3.8, 4) is 11.5 Å². The minimum atomic E-state index is -4.24. The Bertz CT molecular complexity index is 1260. The number of carbonyl (C=O) groups excluding carboxylic acids is 1. The Labute approximate surface area is 186 Å².